The Kier molecular flexibility index (Phi) is 2.94. The Labute approximate surface area is 107 Å². The first kappa shape index (κ1) is 11.5. The second-order valence-electron chi connectivity index (χ2n) is 5.33. The monoisotopic (exact) mass is 245 g/mol. The van der Waals surface area contributed by atoms with E-state index >= 15 is 0 Å². The molecule has 96 valence electrons. The Morgan fingerprint density at radius 2 is 1.94 bits per heavy atom. The van der Waals surface area contributed by atoms with Crippen LogP contribution in [-0.2, 0) is 0 Å². The van der Waals surface area contributed by atoms with Crippen molar-refractivity contribution in [2.24, 2.45) is 11.8 Å². The van der Waals surface area contributed by atoms with Crippen LogP contribution in [0.2, 0.25) is 0 Å². The lowest BCUT2D eigenvalue weighted by Gasteiger charge is -2.17. The molecule has 0 aliphatic heterocycles. The van der Waals surface area contributed by atoms with Gasteiger partial charge in [0.05, 0.1) is 0 Å². The van der Waals surface area contributed by atoms with Crippen molar-refractivity contribution >= 4 is 11.7 Å². The summed E-state index contributed by atoms with van der Waals surface area (Å²) < 4.78 is 0. The van der Waals surface area contributed by atoms with Crippen LogP contribution in [0.25, 0.3) is 0 Å². The molecule has 3 rings (SSSR count). The number of carbonyl (C=O) groups excluding carboxylic acids is 1. The fraction of sp³-hybridized carbons (Fsp3) is 0.571. The topological polar surface area (TPSA) is 54.0 Å². The van der Waals surface area contributed by atoms with Crippen molar-refractivity contribution in [3.8, 4) is 0 Å². The minimum atomic E-state index is -0.0316. The first-order chi connectivity index (χ1) is 8.78. The van der Waals surface area contributed by atoms with Crippen LogP contribution in [0.4, 0.5) is 5.82 Å². The summed E-state index contributed by atoms with van der Waals surface area (Å²) in [5, 5.41) is 6.13. The van der Waals surface area contributed by atoms with Crippen molar-refractivity contribution in [2.45, 2.75) is 31.7 Å². The summed E-state index contributed by atoms with van der Waals surface area (Å²) in [6, 6.07) is 5.87. The van der Waals surface area contributed by atoms with Gasteiger partial charge in [-0.3, -0.25) is 4.79 Å². The molecule has 4 nitrogen and oxygen atoms in total. The second-order valence-corrected chi connectivity index (χ2v) is 5.33. The molecule has 2 saturated carbocycles. The van der Waals surface area contributed by atoms with E-state index in [0.29, 0.717) is 23.6 Å². The van der Waals surface area contributed by atoms with E-state index in [1.54, 1.807) is 13.1 Å². The Morgan fingerprint density at radius 3 is 2.50 bits per heavy atom. The lowest BCUT2D eigenvalue weighted by Crippen LogP contribution is -2.38. The smallest absolute Gasteiger partial charge is 0.270 e. The molecule has 0 saturated heterocycles. The molecule has 0 aromatic carbocycles. The molecule has 1 heterocycles. The average Bonchev–Trinajstić information content (AvgIpc) is 3.29. The molecular weight excluding hydrogens is 226 g/mol. The van der Waals surface area contributed by atoms with Gasteiger partial charge in [-0.1, -0.05) is 6.07 Å². The summed E-state index contributed by atoms with van der Waals surface area (Å²) in [6.45, 7) is 0. The van der Waals surface area contributed by atoms with Crippen molar-refractivity contribution in [1.82, 2.24) is 10.3 Å². The van der Waals surface area contributed by atoms with Crippen molar-refractivity contribution in [3.63, 3.8) is 0 Å². The normalized spacial score (nSPS) is 18.8. The molecule has 0 radical (unpaired) electrons. The van der Waals surface area contributed by atoms with Gasteiger partial charge in [0.2, 0.25) is 0 Å². The van der Waals surface area contributed by atoms with Crippen LogP contribution in [0.15, 0.2) is 18.2 Å². The zero-order chi connectivity index (χ0) is 12.5. The molecular formula is C14H19N3O. The Bertz CT molecular complexity index is 440. The Morgan fingerprint density at radius 1 is 1.28 bits per heavy atom. The molecule has 1 aromatic rings. The van der Waals surface area contributed by atoms with Gasteiger partial charge in [-0.2, -0.15) is 0 Å². The first-order valence-electron chi connectivity index (χ1n) is 6.73. The highest BCUT2D eigenvalue weighted by Crippen LogP contribution is 2.44. The van der Waals surface area contributed by atoms with Gasteiger partial charge in [-0.15, -0.1) is 0 Å². The van der Waals surface area contributed by atoms with Crippen LogP contribution in [0.1, 0.15) is 36.2 Å². The maximum atomic E-state index is 12.2. The van der Waals surface area contributed by atoms with E-state index in [0.717, 1.165) is 5.82 Å². The largest absolute Gasteiger partial charge is 0.373 e. The average molecular weight is 245 g/mol. The Balaban J connectivity index is 1.69. The minimum Gasteiger partial charge on any atom is -0.373 e. The number of hydrogen-bond donors (Lipinski definition) is 2. The second kappa shape index (κ2) is 4.59. The number of pyridine rings is 1. The zero-order valence-electron chi connectivity index (χ0n) is 10.6. The van der Waals surface area contributed by atoms with Crippen LogP contribution in [0.3, 0.4) is 0 Å². The third kappa shape index (κ3) is 2.47. The summed E-state index contributed by atoms with van der Waals surface area (Å²) in [7, 11) is 1.81. The van der Waals surface area contributed by atoms with Gasteiger partial charge in [-0.25, -0.2) is 4.98 Å². The number of rotatable bonds is 5. The van der Waals surface area contributed by atoms with Gasteiger partial charge in [-0.05, 0) is 49.7 Å². The molecule has 0 bridgehead atoms. The molecule has 4 heteroatoms. The number of nitrogens with one attached hydrogen (secondary N) is 2. The van der Waals surface area contributed by atoms with Gasteiger partial charge in [0.1, 0.15) is 11.5 Å². The first-order valence-corrected chi connectivity index (χ1v) is 6.73. The van der Waals surface area contributed by atoms with Gasteiger partial charge in [0, 0.05) is 13.1 Å². The van der Waals surface area contributed by atoms with E-state index < -0.39 is 0 Å². The summed E-state index contributed by atoms with van der Waals surface area (Å²) in [5.74, 6) is 2.14. The molecule has 0 unspecified atom stereocenters. The minimum absolute atomic E-state index is 0.0316. The van der Waals surface area contributed by atoms with Crippen LogP contribution in [0, 0.1) is 11.8 Å². The highest BCUT2D eigenvalue weighted by Gasteiger charge is 2.42. The third-order valence-electron chi connectivity index (χ3n) is 3.80. The lowest BCUT2D eigenvalue weighted by molar-refractivity contribution is 0.0921. The van der Waals surface area contributed by atoms with Crippen LogP contribution < -0.4 is 10.6 Å². The van der Waals surface area contributed by atoms with Crippen LogP contribution in [0.5, 0.6) is 0 Å². The Hall–Kier alpha value is -1.58. The predicted octanol–water partition coefficient (Wildman–Crippen LogP) is 2.04. The molecule has 0 spiro atoms. The standard InChI is InChI=1S/C14H19N3O/c1-15-12-4-2-3-11(16-12)14(18)17-13(9-5-6-9)10-7-8-10/h2-4,9-10,13H,5-8H2,1H3,(H,15,16)(H,17,18). The highest BCUT2D eigenvalue weighted by atomic mass is 16.1. The zero-order valence-corrected chi connectivity index (χ0v) is 10.6. The number of hydrogen-bond acceptors (Lipinski definition) is 3. The summed E-state index contributed by atoms with van der Waals surface area (Å²) in [6.07, 6.45) is 5.08. The van der Waals surface area contributed by atoms with Crippen LogP contribution in [-0.4, -0.2) is 24.0 Å². The van der Waals surface area contributed by atoms with E-state index in [2.05, 4.69) is 15.6 Å². The molecule has 1 aromatic heterocycles. The van der Waals surface area contributed by atoms with E-state index in [1.165, 1.54) is 25.7 Å². The molecule has 2 aliphatic carbocycles. The maximum Gasteiger partial charge on any atom is 0.270 e. The third-order valence-corrected chi connectivity index (χ3v) is 3.80. The predicted molar refractivity (Wildman–Crippen MR) is 70.5 cm³/mol. The lowest BCUT2D eigenvalue weighted by atomic mass is 10.1. The SMILES string of the molecule is CNc1cccc(C(=O)NC(C2CC2)C2CC2)n1. The summed E-state index contributed by atoms with van der Waals surface area (Å²) in [5.41, 5.74) is 0.508. The van der Waals surface area contributed by atoms with E-state index in [4.69, 9.17) is 0 Å². The molecule has 1 amide bonds. The summed E-state index contributed by atoms with van der Waals surface area (Å²) in [4.78, 5) is 16.5. The number of nitrogens with zero attached hydrogens (tertiary/aromatic N) is 1. The van der Waals surface area contributed by atoms with E-state index in [9.17, 15) is 4.79 Å². The fourth-order valence-electron chi connectivity index (χ4n) is 2.46. The maximum absolute atomic E-state index is 12.2. The van der Waals surface area contributed by atoms with E-state index in [1.807, 2.05) is 12.1 Å². The van der Waals surface area contributed by atoms with Crippen molar-refractivity contribution in [1.29, 1.82) is 0 Å². The number of aromatic nitrogens is 1. The number of anilines is 1. The van der Waals surface area contributed by atoms with Crippen molar-refractivity contribution < 1.29 is 4.79 Å². The van der Waals surface area contributed by atoms with E-state index in [-0.39, 0.29) is 5.91 Å². The summed E-state index contributed by atoms with van der Waals surface area (Å²) >= 11 is 0. The van der Waals surface area contributed by atoms with Crippen molar-refractivity contribution in [2.75, 3.05) is 12.4 Å². The van der Waals surface area contributed by atoms with Gasteiger partial charge in [0.25, 0.3) is 5.91 Å². The number of amides is 1. The number of carbonyl (C=O) groups is 1. The highest BCUT2D eigenvalue weighted by molar-refractivity contribution is 5.92. The molecule has 0 atom stereocenters. The fourth-order valence-corrected chi connectivity index (χ4v) is 2.46. The molecule has 2 fully saturated rings. The van der Waals surface area contributed by atoms with Gasteiger partial charge >= 0.3 is 0 Å². The molecule has 2 N–H and O–H groups in total. The van der Waals surface area contributed by atoms with Gasteiger partial charge in [0.15, 0.2) is 0 Å². The van der Waals surface area contributed by atoms with Gasteiger partial charge < -0.3 is 10.6 Å². The molecule has 2 aliphatic rings. The van der Waals surface area contributed by atoms with Crippen LogP contribution >= 0.6 is 0 Å². The van der Waals surface area contributed by atoms with Crippen molar-refractivity contribution in [3.05, 3.63) is 23.9 Å². The quantitative estimate of drug-likeness (QED) is 0.834. The molecule has 18 heavy (non-hydrogen) atoms.